The Morgan fingerprint density at radius 1 is 1.14 bits per heavy atom. The van der Waals surface area contributed by atoms with Gasteiger partial charge in [0.15, 0.2) is 10.9 Å². The Morgan fingerprint density at radius 3 is 2.52 bits per heavy atom. The Bertz CT molecular complexity index is 1000. The highest BCUT2D eigenvalue weighted by atomic mass is 32.2. The van der Waals surface area contributed by atoms with E-state index in [0.29, 0.717) is 24.1 Å². The van der Waals surface area contributed by atoms with Crippen LogP contribution in [0.25, 0.3) is 5.69 Å². The van der Waals surface area contributed by atoms with E-state index in [1.165, 1.54) is 17.3 Å². The van der Waals surface area contributed by atoms with Crippen LogP contribution in [-0.4, -0.2) is 57.6 Å². The van der Waals surface area contributed by atoms with Crippen LogP contribution in [0.15, 0.2) is 35.5 Å². The lowest BCUT2D eigenvalue weighted by Crippen LogP contribution is -2.37. The van der Waals surface area contributed by atoms with Crippen LogP contribution in [0.2, 0.25) is 0 Å². The predicted octanol–water partition coefficient (Wildman–Crippen LogP) is 3.33. The van der Waals surface area contributed by atoms with E-state index < -0.39 is 0 Å². The standard InChI is InChI=1S/C21H25N5O2S/c1-14-4-6-17(7-5-14)26-20(25-8-10-28-11-9-25)23-24-21(26)29-13-19(27)18-12-15(2)22-16(18)3/h4-7,12,22H,8-11,13H2,1-3H3. The average molecular weight is 412 g/mol. The SMILES string of the molecule is Cc1ccc(-n2c(SCC(=O)c3cc(C)[nH]c3C)nnc2N2CCOCC2)cc1. The number of rotatable bonds is 6. The summed E-state index contributed by atoms with van der Waals surface area (Å²) in [7, 11) is 0. The number of hydrogen-bond donors (Lipinski definition) is 1. The largest absolute Gasteiger partial charge is 0.378 e. The average Bonchev–Trinajstić information content (AvgIpc) is 3.30. The highest BCUT2D eigenvalue weighted by molar-refractivity contribution is 7.99. The van der Waals surface area contributed by atoms with E-state index in [2.05, 4.69) is 51.3 Å². The maximum atomic E-state index is 12.7. The number of anilines is 1. The molecular formula is C21H25N5O2S. The number of ketones is 1. The van der Waals surface area contributed by atoms with Crippen molar-refractivity contribution in [2.45, 2.75) is 25.9 Å². The van der Waals surface area contributed by atoms with E-state index in [-0.39, 0.29) is 5.78 Å². The minimum atomic E-state index is 0.0863. The van der Waals surface area contributed by atoms with Gasteiger partial charge in [-0.2, -0.15) is 0 Å². The number of aromatic nitrogens is 4. The van der Waals surface area contributed by atoms with Crippen LogP contribution in [0.5, 0.6) is 0 Å². The molecule has 0 radical (unpaired) electrons. The van der Waals surface area contributed by atoms with E-state index in [0.717, 1.165) is 41.7 Å². The first-order valence-electron chi connectivity index (χ1n) is 9.70. The molecule has 0 atom stereocenters. The fourth-order valence-corrected chi connectivity index (χ4v) is 4.30. The number of aryl methyl sites for hydroxylation is 3. The van der Waals surface area contributed by atoms with Crippen LogP contribution in [0, 0.1) is 20.8 Å². The van der Waals surface area contributed by atoms with Crippen molar-refractivity contribution in [1.82, 2.24) is 19.7 Å². The summed E-state index contributed by atoms with van der Waals surface area (Å²) in [6.45, 7) is 8.84. The molecule has 0 amide bonds. The second-order valence-electron chi connectivity index (χ2n) is 7.26. The summed E-state index contributed by atoms with van der Waals surface area (Å²) in [6, 6.07) is 10.2. The predicted molar refractivity (Wildman–Crippen MR) is 114 cm³/mol. The van der Waals surface area contributed by atoms with Gasteiger partial charge in [-0.15, -0.1) is 10.2 Å². The molecule has 0 bridgehead atoms. The first kappa shape index (κ1) is 19.7. The lowest BCUT2D eigenvalue weighted by atomic mass is 10.2. The number of aromatic amines is 1. The van der Waals surface area contributed by atoms with E-state index in [1.54, 1.807) is 0 Å². The Hall–Kier alpha value is -2.58. The summed E-state index contributed by atoms with van der Waals surface area (Å²) in [5.41, 5.74) is 4.82. The van der Waals surface area contributed by atoms with Crippen molar-refractivity contribution >= 4 is 23.5 Å². The maximum Gasteiger partial charge on any atom is 0.232 e. The lowest BCUT2D eigenvalue weighted by Gasteiger charge is -2.27. The molecule has 1 N–H and O–H groups in total. The van der Waals surface area contributed by atoms with Crippen molar-refractivity contribution in [3.63, 3.8) is 0 Å². The quantitative estimate of drug-likeness (QED) is 0.495. The molecule has 1 aliphatic heterocycles. The van der Waals surface area contributed by atoms with Crippen molar-refractivity contribution in [2.24, 2.45) is 0 Å². The molecule has 29 heavy (non-hydrogen) atoms. The molecule has 3 heterocycles. The van der Waals surface area contributed by atoms with Crippen molar-refractivity contribution in [2.75, 3.05) is 37.0 Å². The van der Waals surface area contributed by atoms with E-state index in [4.69, 9.17) is 4.74 Å². The lowest BCUT2D eigenvalue weighted by molar-refractivity contribution is 0.102. The number of ether oxygens (including phenoxy) is 1. The van der Waals surface area contributed by atoms with Crippen molar-refractivity contribution in [3.05, 3.63) is 52.8 Å². The fraction of sp³-hybridized carbons (Fsp3) is 0.381. The first-order valence-corrected chi connectivity index (χ1v) is 10.7. The molecule has 1 fully saturated rings. The van der Waals surface area contributed by atoms with Gasteiger partial charge in [0.05, 0.1) is 24.7 Å². The van der Waals surface area contributed by atoms with Crippen LogP contribution in [0.3, 0.4) is 0 Å². The van der Waals surface area contributed by atoms with Crippen LogP contribution in [0.4, 0.5) is 5.95 Å². The molecule has 8 heteroatoms. The number of hydrogen-bond acceptors (Lipinski definition) is 6. The van der Waals surface area contributed by atoms with E-state index in [9.17, 15) is 4.79 Å². The van der Waals surface area contributed by atoms with E-state index >= 15 is 0 Å². The maximum absolute atomic E-state index is 12.7. The summed E-state index contributed by atoms with van der Waals surface area (Å²) in [4.78, 5) is 18.1. The molecule has 0 unspecified atom stereocenters. The Balaban J connectivity index is 1.62. The molecule has 152 valence electrons. The second-order valence-corrected chi connectivity index (χ2v) is 8.20. The minimum Gasteiger partial charge on any atom is -0.378 e. The van der Waals surface area contributed by atoms with Gasteiger partial charge < -0.3 is 14.6 Å². The minimum absolute atomic E-state index is 0.0863. The molecule has 2 aromatic heterocycles. The summed E-state index contributed by atoms with van der Waals surface area (Å²) in [5.74, 6) is 1.19. The molecule has 0 aliphatic carbocycles. The van der Waals surface area contributed by atoms with Gasteiger partial charge in [0.1, 0.15) is 0 Å². The number of nitrogens with one attached hydrogen (secondary N) is 1. The van der Waals surface area contributed by atoms with Gasteiger partial charge in [-0.05, 0) is 39.0 Å². The van der Waals surface area contributed by atoms with Gasteiger partial charge >= 0.3 is 0 Å². The monoisotopic (exact) mass is 411 g/mol. The van der Waals surface area contributed by atoms with Gasteiger partial charge in [0.2, 0.25) is 5.95 Å². The number of carbonyl (C=O) groups excluding carboxylic acids is 1. The highest BCUT2D eigenvalue weighted by Crippen LogP contribution is 2.28. The Labute approximate surface area is 174 Å². The van der Waals surface area contributed by atoms with Gasteiger partial charge in [0.25, 0.3) is 0 Å². The highest BCUT2D eigenvalue weighted by Gasteiger charge is 2.23. The molecular weight excluding hydrogens is 386 g/mol. The second kappa shape index (κ2) is 8.42. The number of Topliss-reactive ketones (excluding diaryl/α,β-unsaturated/α-hetero) is 1. The molecule has 1 saturated heterocycles. The Kier molecular flexibility index (Phi) is 5.73. The number of nitrogens with zero attached hydrogens (tertiary/aromatic N) is 4. The first-order chi connectivity index (χ1) is 14.0. The van der Waals surface area contributed by atoms with Crippen molar-refractivity contribution in [1.29, 1.82) is 0 Å². The molecule has 1 aromatic carbocycles. The van der Waals surface area contributed by atoms with E-state index in [1.807, 2.05) is 24.5 Å². The van der Waals surface area contributed by atoms with Gasteiger partial charge in [-0.1, -0.05) is 29.5 Å². The number of benzene rings is 1. The summed E-state index contributed by atoms with van der Waals surface area (Å²) >= 11 is 1.42. The summed E-state index contributed by atoms with van der Waals surface area (Å²) in [6.07, 6.45) is 0. The summed E-state index contributed by atoms with van der Waals surface area (Å²) in [5, 5.41) is 9.59. The molecule has 7 nitrogen and oxygen atoms in total. The van der Waals surface area contributed by atoms with Crippen LogP contribution < -0.4 is 4.90 Å². The van der Waals surface area contributed by atoms with Crippen LogP contribution in [-0.2, 0) is 4.74 Å². The molecule has 0 spiro atoms. The van der Waals surface area contributed by atoms with Crippen molar-refractivity contribution < 1.29 is 9.53 Å². The number of H-pyrrole nitrogens is 1. The van der Waals surface area contributed by atoms with Gasteiger partial charge in [-0.3, -0.25) is 9.36 Å². The van der Waals surface area contributed by atoms with Crippen LogP contribution >= 0.6 is 11.8 Å². The molecule has 4 rings (SSSR count). The van der Waals surface area contributed by atoms with Gasteiger partial charge in [0, 0.05) is 30.0 Å². The zero-order chi connectivity index (χ0) is 20.4. The normalized spacial score (nSPS) is 14.4. The summed E-state index contributed by atoms with van der Waals surface area (Å²) < 4.78 is 7.52. The number of morpholine rings is 1. The number of carbonyl (C=O) groups is 1. The zero-order valence-electron chi connectivity index (χ0n) is 16.9. The fourth-order valence-electron chi connectivity index (χ4n) is 3.47. The molecule has 1 aliphatic rings. The molecule has 3 aromatic rings. The number of thioether (sulfide) groups is 1. The third kappa shape index (κ3) is 4.23. The van der Waals surface area contributed by atoms with Crippen LogP contribution in [0.1, 0.15) is 27.3 Å². The third-order valence-electron chi connectivity index (χ3n) is 4.98. The third-order valence-corrected chi connectivity index (χ3v) is 5.91. The Morgan fingerprint density at radius 2 is 1.86 bits per heavy atom. The smallest absolute Gasteiger partial charge is 0.232 e. The zero-order valence-corrected chi connectivity index (χ0v) is 17.8. The molecule has 0 saturated carbocycles. The van der Waals surface area contributed by atoms with Crippen molar-refractivity contribution in [3.8, 4) is 5.69 Å². The topological polar surface area (TPSA) is 76.0 Å². The van der Waals surface area contributed by atoms with Gasteiger partial charge in [-0.25, -0.2) is 0 Å².